The van der Waals surface area contributed by atoms with E-state index in [0.717, 1.165) is 16.9 Å². The summed E-state index contributed by atoms with van der Waals surface area (Å²) in [6.45, 7) is 0. The molecule has 2 aromatic heterocycles. The van der Waals surface area contributed by atoms with Gasteiger partial charge in [0, 0.05) is 17.8 Å². The maximum atomic E-state index is 5.95. The Morgan fingerprint density at radius 3 is 2.71 bits per heavy atom. The molecular weight excluding hydrogens is 214 g/mol. The number of H-pyrrole nitrogens is 1. The van der Waals surface area contributed by atoms with E-state index in [-0.39, 0.29) is 0 Å². The minimum absolute atomic E-state index is 0.604. The average Bonchev–Trinajstić information content (AvgIpc) is 2.99. The quantitative estimate of drug-likeness (QED) is 0.699. The summed E-state index contributed by atoms with van der Waals surface area (Å²) in [6, 6.07) is 11.6. The number of para-hydroxylation sites is 1. The Labute approximate surface area is 97.9 Å². The molecule has 3 rings (SSSR count). The first-order valence-electron chi connectivity index (χ1n) is 5.25. The van der Waals surface area contributed by atoms with Gasteiger partial charge < -0.3 is 5.73 Å². The van der Waals surface area contributed by atoms with Gasteiger partial charge in [-0.3, -0.25) is 5.10 Å². The molecule has 1 aromatic carbocycles. The van der Waals surface area contributed by atoms with Gasteiger partial charge in [0.05, 0.1) is 17.6 Å². The molecule has 5 nitrogen and oxygen atoms in total. The first-order chi connectivity index (χ1) is 8.34. The molecule has 0 bridgehead atoms. The van der Waals surface area contributed by atoms with Crippen LogP contribution in [0.5, 0.6) is 0 Å². The van der Waals surface area contributed by atoms with E-state index in [2.05, 4.69) is 15.3 Å². The van der Waals surface area contributed by atoms with Gasteiger partial charge in [0.2, 0.25) is 0 Å². The highest BCUT2D eigenvalue weighted by atomic mass is 15.3. The summed E-state index contributed by atoms with van der Waals surface area (Å²) >= 11 is 0. The summed E-state index contributed by atoms with van der Waals surface area (Å²) in [5.74, 6) is 0.604. The maximum absolute atomic E-state index is 5.95. The number of nitrogens with zero attached hydrogens (tertiary/aromatic N) is 3. The summed E-state index contributed by atoms with van der Waals surface area (Å²) in [4.78, 5) is 0. The summed E-state index contributed by atoms with van der Waals surface area (Å²) in [5, 5.41) is 11.1. The van der Waals surface area contributed by atoms with Crippen molar-refractivity contribution in [2.45, 2.75) is 0 Å². The monoisotopic (exact) mass is 225 g/mol. The molecule has 5 heteroatoms. The predicted octanol–water partition coefficient (Wildman–Crippen LogP) is 1.84. The van der Waals surface area contributed by atoms with Crippen LogP contribution in [-0.4, -0.2) is 20.0 Å². The second-order valence-electron chi connectivity index (χ2n) is 3.69. The largest absolute Gasteiger partial charge is 0.384 e. The summed E-state index contributed by atoms with van der Waals surface area (Å²) < 4.78 is 1.71. The van der Waals surface area contributed by atoms with Crippen molar-refractivity contribution >= 4 is 5.82 Å². The Hall–Kier alpha value is -2.56. The van der Waals surface area contributed by atoms with Crippen LogP contribution in [0.15, 0.2) is 48.8 Å². The van der Waals surface area contributed by atoms with E-state index < -0.39 is 0 Å². The second-order valence-corrected chi connectivity index (χ2v) is 3.69. The SMILES string of the molecule is Nc1cc(-c2cn[nH]c2)nn1-c1ccccc1. The number of nitrogens with two attached hydrogens (primary N) is 1. The van der Waals surface area contributed by atoms with E-state index in [1.54, 1.807) is 17.1 Å². The Bertz CT molecular complexity index is 610. The molecule has 0 radical (unpaired) electrons. The minimum Gasteiger partial charge on any atom is -0.384 e. The van der Waals surface area contributed by atoms with Gasteiger partial charge in [-0.05, 0) is 12.1 Å². The van der Waals surface area contributed by atoms with Crippen LogP contribution in [0.1, 0.15) is 0 Å². The van der Waals surface area contributed by atoms with Gasteiger partial charge >= 0.3 is 0 Å². The molecule has 2 heterocycles. The van der Waals surface area contributed by atoms with Crippen LogP contribution in [-0.2, 0) is 0 Å². The molecule has 3 aromatic rings. The molecular formula is C12H11N5. The normalized spacial score (nSPS) is 10.6. The minimum atomic E-state index is 0.604. The van der Waals surface area contributed by atoms with Gasteiger partial charge in [0.15, 0.2) is 0 Å². The van der Waals surface area contributed by atoms with Crippen LogP contribution in [0.25, 0.3) is 16.9 Å². The van der Waals surface area contributed by atoms with Gasteiger partial charge in [-0.25, -0.2) is 4.68 Å². The molecule has 0 spiro atoms. The summed E-state index contributed by atoms with van der Waals surface area (Å²) in [7, 11) is 0. The molecule has 0 saturated carbocycles. The molecule has 0 saturated heterocycles. The lowest BCUT2D eigenvalue weighted by Crippen LogP contribution is -2.00. The van der Waals surface area contributed by atoms with E-state index in [4.69, 9.17) is 5.73 Å². The lowest BCUT2D eigenvalue weighted by molar-refractivity contribution is 0.895. The molecule has 0 aliphatic heterocycles. The summed E-state index contributed by atoms with van der Waals surface area (Å²) in [5.41, 5.74) is 8.62. The Morgan fingerprint density at radius 2 is 2.00 bits per heavy atom. The van der Waals surface area contributed by atoms with Crippen molar-refractivity contribution in [1.82, 2.24) is 20.0 Å². The van der Waals surface area contributed by atoms with Gasteiger partial charge in [0.1, 0.15) is 5.82 Å². The van der Waals surface area contributed by atoms with Crippen LogP contribution in [0.3, 0.4) is 0 Å². The molecule has 0 aliphatic carbocycles. The van der Waals surface area contributed by atoms with Gasteiger partial charge in [-0.1, -0.05) is 18.2 Å². The van der Waals surface area contributed by atoms with Crippen molar-refractivity contribution in [2.75, 3.05) is 5.73 Å². The molecule has 0 aliphatic rings. The third-order valence-electron chi connectivity index (χ3n) is 2.53. The number of benzene rings is 1. The Morgan fingerprint density at radius 1 is 1.18 bits per heavy atom. The fourth-order valence-corrected chi connectivity index (χ4v) is 1.70. The van der Waals surface area contributed by atoms with E-state index in [1.165, 1.54) is 0 Å². The van der Waals surface area contributed by atoms with Crippen molar-refractivity contribution in [3.8, 4) is 16.9 Å². The number of hydrogen-bond acceptors (Lipinski definition) is 3. The lowest BCUT2D eigenvalue weighted by atomic mass is 10.3. The zero-order valence-electron chi connectivity index (χ0n) is 9.04. The van der Waals surface area contributed by atoms with E-state index in [1.807, 2.05) is 36.4 Å². The molecule has 0 unspecified atom stereocenters. The number of aromatic amines is 1. The van der Waals surface area contributed by atoms with Crippen molar-refractivity contribution in [2.24, 2.45) is 0 Å². The van der Waals surface area contributed by atoms with Crippen LogP contribution in [0.4, 0.5) is 5.82 Å². The molecule has 0 amide bonds. The molecule has 84 valence electrons. The third kappa shape index (κ3) is 1.67. The zero-order chi connectivity index (χ0) is 11.7. The molecule has 0 atom stereocenters. The number of aromatic nitrogens is 4. The Kier molecular flexibility index (Phi) is 2.15. The van der Waals surface area contributed by atoms with Gasteiger partial charge in [-0.15, -0.1) is 0 Å². The molecule has 17 heavy (non-hydrogen) atoms. The highest BCUT2D eigenvalue weighted by Crippen LogP contribution is 2.21. The van der Waals surface area contributed by atoms with Crippen LogP contribution in [0, 0.1) is 0 Å². The molecule has 0 fully saturated rings. The van der Waals surface area contributed by atoms with Crippen molar-refractivity contribution < 1.29 is 0 Å². The fraction of sp³-hybridized carbons (Fsp3) is 0. The van der Waals surface area contributed by atoms with E-state index >= 15 is 0 Å². The smallest absolute Gasteiger partial charge is 0.127 e. The third-order valence-corrected chi connectivity index (χ3v) is 2.53. The zero-order valence-corrected chi connectivity index (χ0v) is 9.04. The highest BCUT2D eigenvalue weighted by molar-refractivity contribution is 5.62. The highest BCUT2D eigenvalue weighted by Gasteiger charge is 2.08. The number of nitrogen functional groups attached to an aromatic ring is 1. The van der Waals surface area contributed by atoms with E-state index in [0.29, 0.717) is 5.82 Å². The van der Waals surface area contributed by atoms with Crippen LogP contribution < -0.4 is 5.73 Å². The van der Waals surface area contributed by atoms with Gasteiger partial charge in [-0.2, -0.15) is 10.2 Å². The van der Waals surface area contributed by atoms with Crippen molar-refractivity contribution in [3.05, 3.63) is 48.8 Å². The average molecular weight is 225 g/mol. The number of rotatable bonds is 2. The van der Waals surface area contributed by atoms with Crippen LogP contribution in [0.2, 0.25) is 0 Å². The van der Waals surface area contributed by atoms with E-state index in [9.17, 15) is 0 Å². The predicted molar refractivity (Wildman–Crippen MR) is 65.6 cm³/mol. The lowest BCUT2D eigenvalue weighted by Gasteiger charge is -2.02. The van der Waals surface area contributed by atoms with Crippen molar-refractivity contribution in [3.63, 3.8) is 0 Å². The molecule has 3 N–H and O–H groups in total. The first-order valence-corrected chi connectivity index (χ1v) is 5.25. The second kappa shape index (κ2) is 3.79. The topological polar surface area (TPSA) is 72.5 Å². The number of nitrogens with one attached hydrogen (secondary N) is 1. The number of anilines is 1. The Balaban J connectivity index is 2.08. The standard InChI is InChI=1S/C12H11N5/c13-12-6-11(9-7-14-15-8-9)16-17(12)10-4-2-1-3-5-10/h1-8H,13H2,(H,14,15). The van der Waals surface area contributed by atoms with Gasteiger partial charge in [0.25, 0.3) is 0 Å². The van der Waals surface area contributed by atoms with Crippen LogP contribution >= 0.6 is 0 Å². The van der Waals surface area contributed by atoms with Crippen molar-refractivity contribution in [1.29, 1.82) is 0 Å². The summed E-state index contributed by atoms with van der Waals surface area (Å²) in [6.07, 6.45) is 3.51. The fourth-order valence-electron chi connectivity index (χ4n) is 1.70. The first kappa shape index (κ1) is 9.65. The maximum Gasteiger partial charge on any atom is 0.127 e. The number of hydrogen-bond donors (Lipinski definition) is 2.